The first-order chi connectivity index (χ1) is 7.70. The van der Waals surface area contributed by atoms with Gasteiger partial charge in [0.25, 0.3) is 0 Å². The van der Waals surface area contributed by atoms with Crippen LogP contribution < -0.4 is 5.32 Å². The van der Waals surface area contributed by atoms with Crippen LogP contribution in [0.4, 0.5) is 5.82 Å². The summed E-state index contributed by atoms with van der Waals surface area (Å²) in [6.45, 7) is 4.48. The zero-order chi connectivity index (χ0) is 11.5. The summed E-state index contributed by atoms with van der Waals surface area (Å²) in [5, 5.41) is 3.20. The van der Waals surface area contributed by atoms with E-state index in [0.29, 0.717) is 0 Å². The van der Waals surface area contributed by atoms with Crippen LogP contribution in [-0.4, -0.2) is 17.0 Å². The minimum Gasteiger partial charge on any atom is -0.373 e. The third kappa shape index (κ3) is 2.34. The Morgan fingerprint density at radius 3 is 2.75 bits per heavy atom. The quantitative estimate of drug-likeness (QED) is 0.846. The summed E-state index contributed by atoms with van der Waals surface area (Å²) in [6.07, 6.45) is 5.66. The highest BCUT2D eigenvalue weighted by molar-refractivity contribution is 5.48. The molecule has 3 heteroatoms. The molecule has 0 amide bonds. The first-order valence-electron chi connectivity index (χ1n) is 6.27. The molecule has 1 aliphatic carbocycles. The highest BCUT2D eigenvalue weighted by Crippen LogP contribution is 2.26. The average Bonchev–Trinajstić information content (AvgIpc) is 2.73. The molecule has 0 atom stereocenters. The molecule has 3 nitrogen and oxygen atoms in total. The van der Waals surface area contributed by atoms with E-state index in [4.69, 9.17) is 0 Å². The fourth-order valence-corrected chi connectivity index (χ4v) is 2.22. The van der Waals surface area contributed by atoms with Crippen LogP contribution in [0.5, 0.6) is 0 Å². The topological polar surface area (TPSA) is 37.8 Å². The van der Waals surface area contributed by atoms with Gasteiger partial charge in [0.2, 0.25) is 0 Å². The number of aryl methyl sites for hydroxylation is 2. The predicted molar refractivity (Wildman–Crippen MR) is 66.8 cm³/mol. The van der Waals surface area contributed by atoms with Gasteiger partial charge in [0.15, 0.2) is 0 Å². The van der Waals surface area contributed by atoms with Gasteiger partial charge in [0, 0.05) is 24.7 Å². The maximum Gasteiger partial charge on any atom is 0.132 e. The lowest BCUT2D eigenvalue weighted by Crippen LogP contribution is -2.06. The second-order valence-corrected chi connectivity index (χ2v) is 4.95. The molecule has 0 unspecified atom stereocenters. The van der Waals surface area contributed by atoms with Gasteiger partial charge in [-0.3, -0.25) is 0 Å². The summed E-state index contributed by atoms with van der Waals surface area (Å²) < 4.78 is 0. The lowest BCUT2D eigenvalue weighted by Gasteiger charge is -2.10. The molecule has 16 heavy (non-hydrogen) atoms. The first-order valence-corrected chi connectivity index (χ1v) is 6.27. The van der Waals surface area contributed by atoms with E-state index in [-0.39, 0.29) is 0 Å². The average molecular weight is 219 g/mol. The number of anilines is 1. The summed E-state index contributed by atoms with van der Waals surface area (Å²) >= 11 is 0. The fraction of sp³-hybridized carbons (Fsp3) is 0.692. The molecule has 0 bridgehead atoms. The summed E-state index contributed by atoms with van der Waals surface area (Å²) in [4.78, 5) is 9.30. The molecule has 2 rings (SSSR count). The van der Waals surface area contributed by atoms with E-state index < -0.39 is 0 Å². The molecule has 0 fully saturated rings. The van der Waals surface area contributed by atoms with Crippen LogP contribution in [-0.2, 0) is 19.3 Å². The second kappa shape index (κ2) is 4.81. The summed E-state index contributed by atoms with van der Waals surface area (Å²) in [5.41, 5.74) is 2.62. The van der Waals surface area contributed by atoms with Crippen molar-refractivity contribution in [3.8, 4) is 0 Å². The Morgan fingerprint density at radius 1 is 1.25 bits per heavy atom. The molecule has 0 saturated carbocycles. The lowest BCUT2D eigenvalue weighted by atomic mass is 10.1. The Kier molecular flexibility index (Phi) is 3.42. The van der Waals surface area contributed by atoms with Crippen LogP contribution >= 0.6 is 0 Å². The lowest BCUT2D eigenvalue weighted by molar-refractivity contribution is 0.574. The van der Waals surface area contributed by atoms with Crippen LogP contribution in [0.1, 0.15) is 43.8 Å². The number of hydrogen-bond acceptors (Lipinski definition) is 3. The van der Waals surface area contributed by atoms with Gasteiger partial charge in [0.1, 0.15) is 11.6 Å². The van der Waals surface area contributed by atoms with Gasteiger partial charge in [-0.2, -0.15) is 0 Å². The molecule has 88 valence electrons. The summed E-state index contributed by atoms with van der Waals surface area (Å²) in [5.74, 6) is 2.79. The van der Waals surface area contributed by atoms with Crippen molar-refractivity contribution >= 4 is 5.82 Å². The van der Waals surface area contributed by atoms with Crippen LogP contribution in [0.25, 0.3) is 0 Å². The van der Waals surface area contributed by atoms with Gasteiger partial charge in [-0.05, 0) is 31.6 Å². The Hall–Kier alpha value is -1.12. The van der Waals surface area contributed by atoms with Crippen LogP contribution in [0, 0.1) is 5.92 Å². The zero-order valence-corrected chi connectivity index (χ0v) is 10.5. The molecule has 0 radical (unpaired) electrons. The van der Waals surface area contributed by atoms with Crippen molar-refractivity contribution < 1.29 is 0 Å². The van der Waals surface area contributed by atoms with E-state index in [0.717, 1.165) is 36.8 Å². The molecule has 1 aromatic heterocycles. The van der Waals surface area contributed by atoms with Crippen molar-refractivity contribution in [2.24, 2.45) is 5.92 Å². The minimum absolute atomic E-state index is 0.717. The smallest absolute Gasteiger partial charge is 0.132 e. The number of aromatic nitrogens is 2. The Labute approximate surface area is 97.7 Å². The maximum atomic E-state index is 4.68. The Morgan fingerprint density at radius 2 is 2.06 bits per heavy atom. The summed E-state index contributed by atoms with van der Waals surface area (Å²) in [7, 11) is 1.95. The van der Waals surface area contributed by atoms with Gasteiger partial charge in [-0.1, -0.05) is 13.8 Å². The van der Waals surface area contributed by atoms with Gasteiger partial charge >= 0.3 is 0 Å². The second-order valence-electron chi connectivity index (χ2n) is 4.95. The number of rotatable bonds is 4. The van der Waals surface area contributed by atoms with Gasteiger partial charge in [-0.25, -0.2) is 9.97 Å². The molecule has 0 aromatic carbocycles. The van der Waals surface area contributed by atoms with Crippen molar-refractivity contribution in [2.45, 2.75) is 46.0 Å². The molecule has 0 aliphatic heterocycles. The van der Waals surface area contributed by atoms with E-state index in [2.05, 4.69) is 29.1 Å². The van der Waals surface area contributed by atoms with Crippen LogP contribution in [0.15, 0.2) is 0 Å². The molecular weight excluding hydrogens is 198 g/mol. The maximum absolute atomic E-state index is 4.68. The Balaban J connectivity index is 2.20. The standard InChI is InChI=1S/C13H21N3/c1-9(2)7-8-12-15-11-6-4-5-10(11)13(14-3)16-12/h9H,4-8H2,1-3H3,(H,14,15,16). The molecule has 1 aromatic rings. The van der Waals surface area contributed by atoms with Crippen molar-refractivity contribution in [1.82, 2.24) is 9.97 Å². The monoisotopic (exact) mass is 219 g/mol. The minimum atomic E-state index is 0.717. The number of fused-ring (bicyclic) bond motifs is 1. The Bertz CT molecular complexity index is 372. The molecule has 1 heterocycles. The number of hydrogen-bond donors (Lipinski definition) is 1. The molecule has 0 saturated heterocycles. The molecule has 1 N–H and O–H groups in total. The summed E-state index contributed by atoms with van der Waals surface area (Å²) in [6, 6.07) is 0. The molecule has 1 aliphatic rings. The SMILES string of the molecule is CNc1nc(CCC(C)C)nc2c1CCC2. The largest absolute Gasteiger partial charge is 0.373 e. The van der Waals surface area contributed by atoms with Crippen LogP contribution in [0.3, 0.4) is 0 Å². The highest BCUT2D eigenvalue weighted by atomic mass is 15.0. The van der Waals surface area contributed by atoms with Crippen molar-refractivity contribution in [3.63, 3.8) is 0 Å². The van der Waals surface area contributed by atoms with E-state index in [1.54, 1.807) is 0 Å². The van der Waals surface area contributed by atoms with Gasteiger partial charge < -0.3 is 5.32 Å². The third-order valence-corrected chi connectivity index (χ3v) is 3.16. The predicted octanol–water partition coefficient (Wildman–Crippen LogP) is 2.60. The van der Waals surface area contributed by atoms with Crippen molar-refractivity contribution in [1.29, 1.82) is 0 Å². The van der Waals surface area contributed by atoms with Crippen molar-refractivity contribution in [3.05, 3.63) is 17.1 Å². The molecule has 0 spiro atoms. The van der Waals surface area contributed by atoms with E-state index in [1.165, 1.54) is 24.1 Å². The zero-order valence-electron chi connectivity index (χ0n) is 10.5. The van der Waals surface area contributed by atoms with Gasteiger partial charge in [0.05, 0.1) is 0 Å². The normalized spacial score (nSPS) is 14.2. The van der Waals surface area contributed by atoms with E-state index >= 15 is 0 Å². The van der Waals surface area contributed by atoms with Gasteiger partial charge in [-0.15, -0.1) is 0 Å². The number of nitrogens with one attached hydrogen (secondary N) is 1. The van der Waals surface area contributed by atoms with E-state index in [9.17, 15) is 0 Å². The first kappa shape index (κ1) is 11.4. The highest BCUT2D eigenvalue weighted by Gasteiger charge is 2.18. The molecular formula is C13H21N3. The number of nitrogens with zero attached hydrogens (tertiary/aromatic N) is 2. The van der Waals surface area contributed by atoms with Crippen LogP contribution in [0.2, 0.25) is 0 Å². The van der Waals surface area contributed by atoms with Crippen molar-refractivity contribution in [2.75, 3.05) is 12.4 Å². The van der Waals surface area contributed by atoms with E-state index in [1.807, 2.05) is 7.05 Å². The third-order valence-electron chi connectivity index (χ3n) is 3.16. The fourth-order valence-electron chi connectivity index (χ4n) is 2.22.